The summed E-state index contributed by atoms with van der Waals surface area (Å²) in [5, 5.41) is 2.95. The zero-order valence-electron chi connectivity index (χ0n) is 16.9. The van der Waals surface area contributed by atoms with Gasteiger partial charge in [0.25, 0.3) is 11.8 Å². The van der Waals surface area contributed by atoms with Gasteiger partial charge in [0.05, 0.1) is 5.56 Å². The highest BCUT2D eigenvalue weighted by Gasteiger charge is 2.16. The second kappa shape index (κ2) is 8.65. The van der Waals surface area contributed by atoms with Crippen LogP contribution >= 0.6 is 0 Å². The maximum Gasteiger partial charge on any atom is 0.255 e. The van der Waals surface area contributed by atoms with Crippen molar-refractivity contribution in [1.29, 1.82) is 0 Å². The molecule has 3 rings (SSSR count). The fraction of sp³-hybridized carbons (Fsp3) is 0.217. The minimum Gasteiger partial charge on any atom is -0.484 e. The molecule has 150 valence electrons. The molecule has 3 N–H and O–H groups in total. The maximum absolute atomic E-state index is 12.8. The first-order valence-corrected chi connectivity index (χ1v) is 9.39. The van der Waals surface area contributed by atoms with E-state index in [1.54, 1.807) is 18.2 Å². The van der Waals surface area contributed by atoms with Crippen LogP contribution in [0.4, 0.5) is 0 Å². The number of benzene rings is 2. The van der Waals surface area contributed by atoms with E-state index in [2.05, 4.69) is 16.0 Å². The summed E-state index contributed by atoms with van der Waals surface area (Å²) in [6.45, 7) is 6.15. The second-order valence-corrected chi connectivity index (χ2v) is 7.04. The Balaban J connectivity index is 1.73. The molecule has 3 aromatic rings. The standard InChI is InChI=1S/C23H25N3O3/c1-15-6-4-8-19(10-15)26-16(2)11-21(17(26)3)23(28)25-13-18-7-5-9-20(12-18)29-14-22(24)27/h4-12H,13-14H2,1-3H3,(H2,24,27)(H,25,28). The van der Waals surface area contributed by atoms with E-state index < -0.39 is 5.91 Å². The lowest BCUT2D eigenvalue weighted by Crippen LogP contribution is -2.23. The molecule has 0 fully saturated rings. The van der Waals surface area contributed by atoms with Gasteiger partial charge in [-0.2, -0.15) is 0 Å². The smallest absolute Gasteiger partial charge is 0.255 e. The number of nitrogens with two attached hydrogens (primary N) is 1. The molecular weight excluding hydrogens is 366 g/mol. The fourth-order valence-electron chi connectivity index (χ4n) is 3.33. The number of carbonyl (C=O) groups excluding carboxylic acids is 2. The SMILES string of the molecule is Cc1cccc(-n2c(C)cc(C(=O)NCc3cccc(OCC(N)=O)c3)c2C)c1. The van der Waals surface area contributed by atoms with Crippen molar-refractivity contribution in [2.24, 2.45) is 5.73 Å². The molecule has 0 spiro atoms. The summed E-state index contributed by atoms with van der Waals surface area (Å²) in [7, 11) is 0. The normalized spacial score (nSPS) is 10.6. The van der Waals surface area contributed by atoms with Crippen LogP contribution in [0, 0.1) is 20.8 Å². The van der Waals surface area contributed by atoms with Crippen LogP contribution in [0.1, 0.15) is 32.9 Å². The monoisotopic (exact) mass is 391 g/mol. The number of aromatic nitrogens is 1. The molecule has 0 aliphatic heterocycles. The average molecular weight is 391 g/mol. The van der Waals surface area contributed by atoms with Gasteiger partial charge in [-0.15, -0.1) is 0 Å². The second-order valence-electron chi connectivity index (χ2n) is 7.04. The summed E-state index contributed by atoms with van der Waals surface area (Å²) in [6.07, 6.45) is 0. The summed E-state index contributed by atoms with van der Waals surface area (Å²) in [5.74, 6) is -0.138. The Morgan fingerprint density at radius 1 is 1.03 bits per heavy atom. The van der Waals surface area contributed by atoms with E-state index in [4.69, 9.17) is 10.5 Å². The third kappa shape index (κ3) is 4.85. The molecule has 0 radical (unpaired) electrons. The number of hydrogen-bond acceptors (Lipinski definition) is 3. The van der Waals surface area contributed by atoms with E-state index in [9.17, 15) is 9.59 Å². The van der Waals surface area contributed by atoms with Crippen LogP contribution in [0.2, 0.25) is 0 Å². The van der Waals surface area contributed by atoms with E-state index in [1.165, 1.54) is 5.56 Å². The number of amides is 2. The Morgan fingerprint density at radius 2 is 1.79 bits per heavy atom. The number of carbonyl (C=O) groups is 2. The lowest BCUT2D eigenvalue weighted by atomic mass is 10.2. The van der Waals surface area contributed by atoms with E-state index in [0.29, 0.717) is 17.9 Å². The van der Waals surface area contributed by atoms with Gasteiger partial charge in [0, 0.05) is 23.6 Å². The molecule has 1 aromatic heterocycles. The van der Waals surface area contributed by atoms with Crippen LogP contribution in [0.5, 0.6) is 5.75 Å². The van der Waals surface area contributed by atoms with Crippen molar-refractivity contribution in [1.82, 2.24) is 9.88 Å². The number of rotatable bonds is 7. The van der Waals surface area contributed by atoms with Gasteiger partial charge in [0.2, 0.25) is 0 Å². The zero-order chi connectivity index (χ0) is 21.0. The minimum atomic E-state index is -0.535. The summed E-state index contributed by atoms with van der Waals surface area (Å²) in [6, 6.07) is 17.3. The summed E-state index contributed by atoms with van der Waals surface area (Å²) in [4.78, 5) is 23.6. The molecule has 0 aliphatic rings. The molecule has 2 aromatic carbocycles. The van der Waals surface area contributed by atoms with Gasteiger partial charge in [-0.3, -0.25) is 9.59 Å². The molecular formula is C23H25N3O3. The van der Waals surface area contributed by atoms with E-state index >= 15 is 0 Å². The van der Waals surface area contributed by atoms with Crippen molar-refractivity contribution in [3.05, 3.63) is 82.7 Å². The van der Waals surface area contributed by atoms with Crippen LogP contribution in [-0.4, -0.2) is 23.0 Å². The Kier molecular flexibility index (Phi) is 6.02. The topological polar surface area (TPSA) is 86.3 Å². The maximum atomic E-state index is 12.8. The molecule has 0 atom stereocenters. The van der Waals surface area contributed by atoms with E-state index in [-0.39, 0.29) is 12.5 Å². The zero-order valence-corrected chi connectivity index (χ0v) is 16.9. The van der Waals surface area contributed by atoms with Gasteiger partial charge < -0.3 is 20.4 Å². The van der Waals surface area contributed by atoms with Crippen LogP contribution in [0.15, 0.2) is 54.6 Å². The highest BCUT2D eigenvalue weighted by molar-refractivity contribution is 5.95. The summed E-state index contributed by atoms with van der Waals surface area (Å²) < 4.78 is 7.39. The minimum absolute atomic E-state index is 0.138. The van der Waals surface area contributed by atoms with Crippen LogP contribution in [-0.2, 0) is 11.3 Å². The number of primary amides is 1. The van der Waals surface area contributed by atoms with E-state index in [0.717, 1.165) is 22.6 Å². The molecule has 0 bridgehead atoms. The molecule has 0 saturated carbocycles. The number of aryl methyl sites for hydroxylation is 2. The van der Waals surface area contributed by atoms with Gasteiger partial charge in [0.15, 0.2) is 6.61 Å². The summed E-state index contributed by atoms with van der Waals surface area (Å²) >= 11 is 0. The number of nitrogens with one attached hydrogen (secondary N) is 1. The lowest BCUT2D eigenvalue weighted by molar-refractivity contribution is -0.119. The van der Waals surface area contributed by atoms with Gasteiger partial charge >= 0.3 is 0 Å². The first-order chi connectivity index (χ1) is 13.8. The number of hydrogen-bond donors (Lipinski definition) is 2. The van der Waals surface area contributed by atoms with Crippen LogP contribution in [0.3, 0.4) is 0 Å². The molecule has 0 aliphatic carbocycles. The first-order valence-electron chi connectivity index (χ1n) is 9.39. The molecule has 0 unspecified atom stereocenters. The van der Waals surface area contributed by atoms with Crippen molar-refractivity contribution in [2.75, 3.05) is 6.61 Å². The predicted molar refractivity (Wildman–Crippen MR) is 112 cm³/mol. The molecule has 6 nitrogen and oxygen atoms in total. The predicted octanol–water partition coefficient (Wildman–Crippen LogP) is 3.20. The highest BCUT2D eigenvalue weighted by Crippen LogP contribution is 2.22. The molecule has 0 saturated heterocycles. The average Bonchev–Trinajstić information content (AvgIpc) is 2.99. The lowest BCUT2D eigenvalue weighted by Gasteiger charge is -2.11. The fourth-order valence-corrected chi connectivity index (χ4v) is 3.33. The van der Waals surface area contributed by atoms with Crippen molar-refractivity contribution in [2.45, 2.75) is 27.3 Å². The molecule has 1 heterocycles. The Labute approximate surface area is 170 Å². The third-order valence-electron chi connectivity index (χ3n) is 4.67. The van der Waals surface area contributed by atoms with Crippen LogP contribution < -0.4 is 15.8 Å². The van der Waals surface area contributed by atoms with Gasteiger partial charge in [-0.05, 0) is 62.2 Å². The third-order valence-corrected chi connectivity index (χ3v) is 4.67. The van der Waals surface area contributed by atoms with E-state index in [1.807, 2.05) is 51.1 Å². The Hall–Kier alpha value is -3.54. The Bertz CT molecular complexity index is 1050. The van der Waals surface area contributed by atoms with Crippen molar-refractivity contribution in [3.63, 3.8) is 0 Å². The molecule has 6 heteroatoms. The van der Waals surface area contributed by atoms with Crippen LogP contribution in [0.25, 0.3) is 5.69 Å². The molecule has 2 amide bonds. The van der Waals surface area contributed by atoms with Gasteiger partial charge in [-0.25, -0.2) is 0 Å². The number of nitrogens with zero attached hydrogens (tertiary/aromatic N) is 1. The quantitative estimate of drug-likeness (QED) is 0.648. The summed E-state index contributed by atoms with van der Waals surface area (Å²) in [5.41, 5.74) is 10.7. The van der Waals surface area contributed by atoms with Gasteiger partial charge in [0.1, 0.15) is 5.75 Å². The first kappa shape index (κ1) is 20.2. The van der Waals surface area contributed by atoms with Gasteiger partial charge in [-0.1, -0.05) is 24.3 Å². The number of ether oxygens (including phenoxy) is 1. The molecule has 29 heavy (non-hydrogen) atoms. The van der Waals surface area contributed by atoms with Crippen molar-refractivity contribution >= 4 is 11.8 Å². The Morgan fingerprint density at radius 3 is 2.52 bits per heavy atom. The highest BCUT2D eigenvalue weighted by atomic mass is 16.5. The largest absolute Gasteiger partial charge is 0.484 e. The van der Waals surface area contributed by atoms with Crippen molar-refractivity contribution in [3.8, 4) is 11.4 Å². The van der Waals surface area contributed by atoms with Crippen molar-refractivity contribution < 1.29 is 14.3 Å².